The van der Waals surface area contributed by atoms with E-state index in [2.05, 4.69) is 10.6 Å². The normalized spacial score (nSPS) is 18.8. The highest BCUT2D eigenvalue weighted by Gasteiger charge is 2.21. The van der Waals surface area contributed by atoms with Crippen molar-refractivity contribution in [2.75, 3.05) is 0 Å². The maximum atomic E-state index is 12.2. The van der Waals surface area contributed by atoms with Crippen LogP contribution < -0.4 is 16.4 Å². The standard InChI is InChI=1S/C14H17N3O3/c15-13(19)9-5-1-2-6-10(9)14(20)17-11-7-3-4-8-12(18)16-11/h1-2,5-6,11H,3-4,7-8H2,(H2,15,19)(H,16,18)(H,17,20). The lowest BCUT2D eigenvalue weighted by atomic mass is 10.1. The Balaban J connectivity index is 2.12. The molecule has 106 valence electrons. The highest BCUT2D eigenvalue weighted by molar-refractivity contribution is 6.06. The molecule has 1 heterocycles. The molecule has 1 saturated heterocycles. The van der Waals surface area contributed by atoms with Crippen molar-refractivity contribution in [2.24, 2.45) is 5.73 Å². The molecule has 1 atom stereocenters. The largest absolute Gasteiger partial charge is 0.366 e. The van der Waals surface area contributed by atoms with Crippen LogP contribution in [0.15, 0.2) is 24.3 Å². The summed E-state index contributed by atoms with van der Waals surface area (Å²) in [6.45, 7) is 0. The van der Waals surface area contributed by atoms with E-state index in [-0.39, 0.29) is 17.0 Å². The molecule has 6 nitrogen and oxygen atoms in total. The van der Waals surface area contributed by atoms with Crippen molar-refractivity contribution in [1.82, 2.24) is 10.6 Å². The van der Waals surface area contributed by atoms with Crippen molar-refractivity contribution in [3.05, 3.63) is 35.4 Å². The molecule has 0 spiro atoms. The topological polar surface area (TPSA) is 101 Å². The van der Waals surface area contributed by atoms with E-state index in [0.29, 0.717) is 12.8 Å². The Morgan fingerprint density at radius 1 is 1.20 bits per heavy atom. The van der Waals surface area contributed by atoms with Gasteiger partial charge in [-0.1, -0.05) is 12.1 Å². The average Bonchev–Trinajstić information content (AvgIpc) is 2.63. The number of rotatable bonds is 3. The molecule has 1 aromatic carbocycles. The molecular weight excluding hydrogens is 258 g/mol. The maximum Gasteiger partial charge on any atom is 0.253 e. The van der Waals surface area contributed by atoms with Gasteiger partial charge < -0.3 is 16.4 Å². The first-order chi connectivity index (χ1) is 9.58. The van der Waals surface area contributed by atoms with Crippen LogP contribution in [0.2, 0.25) is 0 Å². The fraction of sp³-hybridized carbons (Fsp3) is 0.357. The van der Waals surface area contributed by atoms with Crippen LogP contribution in [0.4, 0.5) is 0 Å². The van der Waals surface area contributed by atoms with Crippen LogP contribution in [-0.2, 0) is 4.79 Å². The molecule has 0 aliphatic carbocycles. The summed E-state index contributed by atoms with van der Waals surface area (Å²) in [7, 11) is 0. The highest BCUT2D eigenvalue weighted by atomic mass is 16.2. The van der Waals surface area contributed by atoms with Gasteiger partial charge in [0.25, 0.3) is 5.91 Å². The first-order valence-corrected chi connectivity index (χ1v) is 6.57. The number of benzene rings is 1. The zero-order valence-electron chi connectivity index (χ0n) is 11.0. The van der Waals surface area contributed by atoms with Crippen LogP contribution in [0.1, 0.15) is 46.4 Å². The average molecular weight is 275 g/mol. The summed E-state index contributed by atoms with van der Waals surface area (Å²) in [5.74, 6) is -1.14. The number of hydrogen-bond acceptors (Lipinski definition) is 3. The maximum absolute atomic E-state index is 12.2. The van der Waals surface area contributed by atoms with Gasteiger partial charge in [-0.3, -0.25) is 14.4 Å². The number of amides is 3. The third-order valence-corrected chi connectivity index (χ3v) is 3.22. The molecular formula is C14H17N3O3. The second-order valence-corrected chi connectivity index (χ2v) is 4.75. The minimum Gasteiger partial charge on any atom is -0.366 e. The van der Waals surface area contributed by atoms with Gasteiger partial charge in [0.05, 0.1) is 11.1 Å². The van der Waals surface area contributed by atoms with E-state index in [1.54, 1.807) is 12.1 Å². The van der Waals surface area contributed by atoms with E-state index in [1.165, 1.54) is 12.1 Å². The van der Waals surface area contributed by atoms with Crippen LogP contribution in [0.5, 0.6) is 0 Å². The van der Waals surface area contributed by atoms with Crippen molar-refractivity contribution in [3.63, 3.8) is 0 Å². The molecule has 1 aromatic rings. The van der Waals surface area contributed by atoms with Gasteiger partial charge in [0, 0.05) is 6.42 Å². The number of carbonyl (C=O) groups excluding carboxylic acids is 3. The molecule has 0 bridgehead atoms. The van der Waals surface area contributed by atoms with Crippen molar-refractivity contribution in [2.45, 2.75) is 31.8 Å². The molecule has 0 aromatic heterocycles. The van der Waals surface area contributed by atoms with E-state index in [9.17, 15) is 14.4 Å². The molecule has 6 heteroatoms. The van der Waals surface area contributed by atoms with Crippen LogP contribution in [-0.4, -0.2) is 23.9 Å². The predicted octanol–water partition coefficient (Wildman–Crippen LogP) is 0.532. The second-order valence-electron chi connectivity index (χ2n) is 4.75. The van der Waals surface area contributed by atoms with E-state index >= 15 is 0 Å². The Hall–Kier alpha value is -2.37. The Labute approximate surface area is 116 Å². The molecule has 2 rings (SSSR count). The third kappa shape index (κ3) is 3.34. The third-order valence-electron chi connectivity index (χ3n) is 3.22. The Morgan fingerprint density at radius 2 is 1.90 bits per heavy atom. The number of nitrogens with one attached hydrogen (secondary N) is 2. The molecule has 1 aliphatic rings. The highest BCUT2D eigenvalue weighted by Crippen LogP contribution is 2.11. The van der Waals surface area contributed by atoms with Crippen LogP contribution >= 0.6 is 0 Å². The first kappa shape index (κ1) is 14.0. The van der Waals surface area contributed by atoms with Gasteiger partial charge in [-0.15, -0.1) is 0 Å². The SMILES string of the molecule is NC(=O)c1ccccc1C(=O)NC1CCCCC(=O)N1. The fourth-order valence-electron chi connectivity index (χ4n) is 2.21. The Kier molecular flexibility index (Phi) is 4.34. The van der Waals surface area contributed by atoms with E-state index in [4.69, 9.17) is 5.73 Å². The molecule has 1 aliphatic heterocycles. The van der Waals surface area contributed by atoms with Gasteiger partial charge in [-0.2, -0.15) is 0 Å². The summed E-state index contributed by atoms with van der Waals surface area (Å²) in [5.41, 5.74) is 5.64. The summed E-state index contributed by atoms with van der Waals surface area (Å²) in [6.07, 6.45) is 2.43. The summed E-state index contributed by atoms with van der Waals surface area (Å²) < 4.78 is 0. The Bertz CT molecular complexity index is 542. The minimum atomic E-state index is -0.652. The van der Waals surface area contributed by atoms with Gasteiger partial charge >= 0.3 is 0 Å². The van der Waals surface area contributed by atoms with E-state index in [0.717, 1.165) is 12.8 Å². The van der Waals surface area contributed by atoms with Gasteiger partial charge in [-0.25, -0.2) is 0 Å². The smallest absolute Gasteiger partial charge is 0.253 e. The molecule has 1 unspecified atom stereocenters. The molecule has 20 heavy (non-hydrogen) atoms. The first-order valence-electron chi connectivity index (χ1n) is 6.57. The van der Waals surface area contributed by atoms with Crippen LogP contribution in [0.25, 0.3) is 0 Å². The molecule has 0 saturated carbocycles. The number of primary amides is 1. The van der Waals surface area contributed by atoms with Crippen molar-refractivity contribution in [3.8, 4) is 0 Å². The van der Waals surface area contributed by atoms with E-state index < -0.39 is 18.0 Å². The summed E-state index contributed by atoms with van der Waals surface area (Å²) in [4.78, 5) is 34.9. The van der Waals surface area contributed by atoms with Gasteiger partial charge in [0.15, 0.2) is 0 Å². The molecule has 3 amide bonds. The number of carbonyl (C=O) groups is 3. The summed E-state index contributed by atoms with van der Waals surface area (Å²) in [6, 6.07) is 6.34. The summed E-state index contributed by atoms with van der Waals surface area (Å²) in [5, 5.41) is 5.46. The van der Waals surface area contributed by atoms with Crippen LogP contribution in [0, 0.1) is 0 Å². The zero-order valence-corrected chi connectivity index (χ0v) is 11.0. The van der Waals surface area contributed by atoms with E-state index in [1.807, 2.05) is 0 Å². The molecule has 0 radical (unpaired) electrons. The Morgan fingerprint density at radius 3 is 2.60 bits per heavy atom. The van der Waals surface area contributed by atoms with Crippen molar-refractivity contribution >= 4 is 17.7 Å². The van der Waals surface area contributed by atoms with Gasteiger partial charge in [-0.05, 0) is 31.4 Å². The predicted molar refractivity (Wildman–Crippen MR) is 72.8 cm³/mol. The zero-order chi connectivity index (χ0) is 14.5. The van der Waals surface area contributed by atoms with Gasteiger partial charge in [0.2, 0.25) is 11.8 Å². The summed E-state index contributed by atoms with van der Waals surface area (Å²) >= 11 is 0. The lowest BCUT2D eigenvalue weighted by molar-refractivity contribution is -0.121. The number of nitrogens with two attached hydrogens (primary N) is 1. The minimum absolute atomic E-state index is 0.0732. The quantitative estimate of drug-likeness (QED) is 0.750. The van der Waals surface area contributed by atoms with Crippen LogP contribution in [0.3, 0.4) is 0 Å². The van der Waals surface area contributed by atoms with Gasteiger partial charge in [0.1, 0.15) is 6.17 Å². The second kappa shape index (κ2) is 6.18. The number of hydrogen-bond donors (Lipinski definition) is 3. The molecule has 4 N–H and O–H groups in total. The lowest BCUT2D eigenvalue weighted by Gasteiger charge is -2.18. The fourth-order valence-corrected chi connectivity index (χ4v) is 2.21. The lowest BCUT2D eigenvalue weighted by Crippen LogP contribution is -2.47. The molecule has 1 fully saturated rings. The van der Waals surface area contributed by atoms with Crippen molar-refractivity contribution < 1.29 is 14.4 Å². The monoisotopic (exact) mass is 275 g/mol. The van der Waals surface area contributed by atoms with Crippen molar-refractivity contribution in [1.29, 1.82) is 0 Å².